The second kappa shape index (κ2) is 3.61. The number of nitrogens with zero attached hydrogens (tertiary/aromatic N) is 6. The number of hydrogen-bond acceptors (Lipinski definition) is 6. The van der Waals surface area contributed by atoms with E-state index in [2.05, 4.69) is 20.1 Å². The lowest BCUT2D eigenvalue weighted by atomic mass is 10.3. The van der Waals surface area contributed by atoms with Crippen molar-refractivity contribution in [3.05, 3.63) is 29.4 Å². The molecule has 0 saturated heterocycles. The molecule has 0 aliphatic heterocycles. The van der Waals surface area contributed by atoms with Gasteiger partial charge in [-0.1, -0.05) is 0 Å². The Morgan fingerprint density at radius 1 is 1.35 bits per heavy atom. The van der Waals surface area contributed by atoms with E-state index in [0.29, 0.717) is 5.82 Å². The van der Waals surface area contributed by atoms with E-state index >= 15 is 0 Å². The van der Waals surface area contributed by atoms with Crippen molar-refractivity contribution in [3.8, 4) is 11.9 Å². The van der Waals surface area contributed by atoms with Gasteiger partial charge in [0, 0.05) is 0 Å². The van der Waals surface area contributed by atoms with Crippen molar-refractivity contribution in [1.29, 1.82) is 5.26 Å². The van der Waals surface area contributed by atoms with Crippen LogP contribution in [0.25, 0.3) is 16.0 Å². The largest absolute Gasteiger partial charge is 0.252 e. The summed E-state index contributed by atoms with van der Waals surface area (Å²) in [6.45, 7) is 2.00. The van der Waals surface area contributed by atoms with E-state index in [9.17, 15) is 0 Å². The van der Waals surface area contributed by atoms with Gasteiger partial charge >= 0.3 is 0 Å². The standard InChI is InChI=1S/C10H6N6S/c1-6-3-17-9-8(6)12-4-13-10(9)16-5-14-7(2-11)15-16/h3-5H,1H3. The van der Waals surface area contributed by atoms with Gasteiger partial charge in [0.05, 0.1) is 10.2 Å². The third-order valence-electron chi connectivity index (χ3n) is 2.32. The number of nitriles is 1. The summed E-state index contributed by atoms with van der Waals surface area (Å²) in [5, 5.41) is 14.7. The minimum atomic E-state index is 0.130. The lowest BCUT2D eigenvalue weighted by molar-refractivity contribution is 0.846. The van der Waals surface area contributed by atoms with Crippen molar-refractivity contribution in [3.63, 3.8) is 0 Å². The first kappa shape index (κ1) is 9.86. The molecule has 0 bridgehead atoms. The summed E-state index contributed by atoms with van der Waals surface area (Å²) in [6, 6.07) is 1.89. The Hall–Kier alpha value is -2.33. The zero-order valence-corrected chi connectivity index (χ0v) is 9.64. The van der Waals surface area contributed by atoms with Crippen LogP contribution >= 0.6 is 11.3 Å². The molecule has 17 heavy (non-hydrogen) atoms. The number of aryl methyl sites for hydroxylation is 1. The maximum Gasteiger partial charge on any atom is 0.252 e. The highest BCUT2D eigenvalue weighted by atomic mass is 32.1. The molecule has 0 radical (unpaired) electrons. The summed E-state index contributed by atoms with van der Waals surface area (Å²) in [6.07, 6.45) is 2.97. The smallest absolute Gasteiger partial charge is 0.235 e. The molecule has 3 heterocycles. The van der Waals surface area contributed by atoms with Crippen molar-refractivity contribution in [2.75, 3.05) is 0 Å². The summed E-state index contributed by atoms with van der Waals surface area (Å²) >= 11 is 1.56. The lowest BCUT2D eigenvalue weighted by Crippen LogP contribution is -1.99. The van der Waals surface area contributed by atoms with Crippen LogP contribution in [0.3, 0.4) is 0 Å². The predicted octanol–water partition coefficient (Wildman–Crippen LogP) is 1.45. The second-order valence-electron chi connectivity index (χ2n) is 3.42. The molecule has 0 N–H and O–H groups in total. The van der Waals surface area contributed by atoms with E-state index in [1.165, 1.54) is 17.3 Å². The van der Waals surface area contributed by atoms with E-state index in [-0.39, 0.29) is 5.82 Å². The van der Waals surface area contributed by atoms with Gasteiger partial charge in [-0.3, -0.25) is 0 Å². The highest BCUT2D eigenvalue weighted by molar-refractivity contribution is 7.17. The average Bonchev–Trinajstić information content (AvgIpc) is 2.96. The molecule has 0 fully saturated rings. The molecule has 0 atom stereocenters. The molecule has 7 heteroatoms. The van der Waals surface area contributed by atoms with E-state index < -0.39 is 0 Å². The van der Waals surface area contributed by atoms with Gasteiger partial charge in [-0.25, -0.2) is 15.0 Å². The van der Waals surface area contributed by atoms with Gasteiger partial charge in [0.1, 0.15) is 18.7 Å². The summed E-state index contributed by atoms with van der Waals surface area (Å²) in [5.74, 6) is 0.784. The summed E-state index contributed by atoms with van der Waals surface area (Å²) in [5.41, 5.74) is 2.02. The Balaban J connectivity index is 2.27. The molecule has 6 nitrogen and oxygen atoms in total. The predicted molar refractivity (Wildman–Crippen MR) is 61.8 cm³/mol. The maximum absolute atomic E-state index is 8.70. The van der Waals surface area contributed by atoms with Gasteiger partial charge in [-0.2, -0.15) is 9.94 Å². The molecule has 0 unspecified atom stereocenters. The summed E-state index contributed by atoms with van der Waals surface area (Å²) in [4.78, 5) is 12.3. The van der Waals surface area contributed by atoms with Gasteiger partial charge in [0.15, 0.2) is 5.82 Å². The Labute approximate surface area is 100 Å². The van der Waals surface area contributed by atoms with Crippen molar-refractivity contribution in [2.24, 2.45) is 0 Å². The Bertz CT molecular complexity index is 735. The number of rotatable bonds is 1. The van der Waals surface area contributed by atoms with Crippen LogP contribution in [-0.4, -0.2) is 24.7 Å². The SMILES string of the molecule is Cc1csc2c(-n3cnc(C#N)n3)ncnc12. The number of thiophene rings is 1. The van der Waals surface area contributed by atoms with Crippen LogP contribution in [0.2, 0.25) is 0 Å². The molecule has 0 amide bonds. The number of aromatic nitrogens is 5. The maximum atomic E-state index is 8.70. The van der Waals surface area contributed by atoms with Gasteiger partial charge in [0.25, 0.3) is 5.82 Å². The van der Waals surface area contributed by atoms with Crippen LogP contribution in [0.5, 0.6) is 0 Å². The second-order valence-corrected chi connectivity index (χ2v) is 4.30. The van der Waals surface area contributed by atoms with Crippen LogP contribution in [0, 0.1) is 18.3 Å². The van der Waals surface area contributed by atoms with E-state index in [1.807, 2.05) is 18.4 Å². The molecule has 0 spiro atoms. The molecule has 3 aromatic heterocycles. The molecule has 3 aromatic rings. The Kier molecular flexibility index (Phi) is 2.09. The minimum Gasteiger partial charge on any atom is -0.235 e. The molecule has 0 aromatic carbocycles. The molecule has 82 valence electrons. The van der Waals surface area contributed by atoms with Crippen LogP contribution in [0.4, 0.5) is 0 Å². The molecule has 0 aliphatic rings. The molecule has 0 saturated carbocycles. The molecular weight excluding hydrogens is 236 g/mol. The van der Waals surface area contributed by atoms with E-state index in [4.69, 9.17) is 5.26 Å². The van der Waals surface area contributed by atoms with E-state index in [0.717, 1.165) is 15.8 Å². The molecule has 3 rings (SSSR count). The highest BCUT2D eigenvalue weighted by Gasteiger charge is 2.11. The summed E-state index contributed by atoms with van der Waals surface area (Å²) in [7, 11) is 0. The molecular formula is C10H6N6S. The number of fused-ring (bicyclic) bond motifs is 1. The lowest BCUT2D eigenvalue weighted by Gasteiger charge is -1.99. The van der Waals surface area contributed by atoms with E-state index in [1.54, 1.807) is 11.3 Å². The van der Waals surface area contributed by atoms with Crippen molar-refractivity contribution < 1.29 is 0 Å². The minimum absolute atomic E-state index is 0.130. The fourth-order valence-corrected chi connectivity index (χ4v) is 2.52. The van der Waals surface area contributed by atoms with Crippen LogP contribution in [-0.2, 0) is 0 Å². The van der Waals surface area contributed by atoms with Crippen molar-refractivity contribution >= 4 is 21.6 Å². The average molecular weight is 242 g/mol. The normalized spacial score (nSPS) is 10.6. The topological polar surface area (TPSA) is 80.3 Å². The Morgan fingerprint density at radius 2 is 2.24 bits per heavy atom. The summed E-state index contributed by atoms with van der Waals surface area (Å²) < 4.78 is 2.44. The fraction of sp³-hybridized carbons (Fsp3) is 0.100. The first-order valence-corrected chi connectivity index (χ1v) is 5.68. The van der Waals surface area contributed by atoms with Gasteiger partial charge in [0.2, 0.25) is 0 Å². The van der Waals surface area contributed by atoms with Gasteiger partial charge < -0.3 is 0 Å². The van der Waals surface area contributed by atoms with Gasteiger partial charge in [-0.05, 0) is 17.9 Å². The monoisotopic (exact) mass is 242 g/mol. The first-order chi connectivity index (χ1) is 8.29. The van der Waals surface area contributed by atoms with Crippen LogP contribution in [0.1, 0.15) is 11.4 Å². The van der Waals surface area contributed by atoms with Crippen LogP contribution in [0.15, 0.2) is 18.0 Å². The number of hydrogen-bond donors (Lipinski definition) is 0. The fourth-order valence-electron chi connectivity index (χ4n) is 1.54. The zero-order valence-electron chi connectivity index (χ0n) is 8.82. The van der Waals surface area contributed by atoms with Gasteiger partial charge in [-0.15, -0.1) is 16.4 Å². The zero-order chi connectivity index (χ0) is 11.8. The quantitative estimate of drug-likeness (QED) is 0.645. The third-order valence-corrected chi connectivity index (χ3v) is 3.40. The molecule has 0 aliphatic carbocycles. The van der Waals surface area contributed by atoms with Crippen molar-refractivity contribution in [2.45, 2.75) is 6.92 Å². The third kappa shape index (κ3) is 1.46. The van der Waals surface area contributed by atoms with Crippen LogP contribution < -0.4 is 0 Å². The first-order valence-electron chi connectivity index (χ1n) is 4.80. The highest BCUT2D eigenvalue weighted by Crippen LogP contribution is 2.26. The van der Waals surface area contributed by atoms with Crippen molar-refractivity contribution in [1.82, 2.24) is 24.7 Å². The Morgan fingerprint density at radius 3 is 3.00 bits per heavy atom.